The predicted molar refractivity (Wildman–Crippen MR) is 91.4 cm³/mol. The predicted octanol–water partition coefficient (Wildman–Crippen LogP) is 5.42. The fourth-order valence-corrected chi connectivity index (χ4v) is 3.06. The number of hydrogen-bond acceptors (Lipinski definition) is 1. The Hall–Kier alpha value is -1.31. The molecular weight excluding hydrogens is 258 g/mol. The van der Waals surface area contributed by atoms with Crippen LogP contribution in [0.15, 0.2) is 24.3 Å². The van der Waals surface area contributed by atoms with Gasteiger partial charge in [0.2, 0.25) is 5.91 Å². The Bertz CT molecular complexity index is 439. The highest BCUT2D eigenvalue weighted by Gasteiger charge is 2.28. The summed E-state index contributed by atoms with van der Waals surface area (Å²) in [7, 11) is 0. The topological polar surface area (TPSA) is 29.1 Å². The zero-order valence-electron chi connectivity index (χ0n) is 14.3. The van der Waals surface area contributed by atoms with Crippen molar-refractivity contribution in [3.8, 4) is 0 Å². The largest absolute Gasteiger partial charge is 0.326 e. The summed E-state index contributed by atoms with van der Waals surface area (Å²) in [6.45, 7) is 10.9. The summed E-state index contributed by atoms with van der Waals surface area (Å²) >= 11 is 0. The second-order valence-corrected chi connectivity index (χ2v) is 6.37. The summed E-state index contributed by atoms with van der Waals surface area (Å²) < 4.78 is 0. The lowest BCUT2D eigenvalue weighted by atomic mass is 9.78. The summed E-state index contributed by atoms with van der Waals surface area (Å²) in [4.78, 5) is 12.7. The molecule has 0 spiro atoms. The van der Waals surface area contributed by atoms with Crippen LogP contribution in [0.1, 0.15) is 58.9 Å². The highest BCUT2D eigenvalue weighted by molar-refractivity contribution is 5.93. The molecule has 0 saturated heterocycles. The number of unbranched alkanes of at least 4 members (excludes halogenated alkanes) is 1. The first kappa shape index (κ1) is 17.7. The Balaban J connectivity index is 2.81. The van der Waals surface area contributed by atoms with E-state index in [4.69, 9.17) is 0 Å². The minimum Gasteiger partial charge on any atom is -0.326 e. The molecule has 0 fully saturated rings. The zero-order chi connectivity index (χ0) is 15.8. The summed E-state index contributed by atoms with van der Waals surface area (Å²) in [5.41, 5.74) is 2.06. The van der Waals surface area contributed by atoms with Crippen molar-refractivity contribution in [2.24, 2.45) is 17.8 Å². The maximum Gasteiger partial charge on any atom is 0.227 e. The molecule has 2 atom stereocenters. The molecule has 0 aromatic heterocycles. The van der Waals surface area contributed by atoms with Crippen LogP contribution < -0.4 is 5.32 Å². The molecule has 1 N–H and O–H groups in total. The van der Waals surface area contributed by atoms with Crippen LogP contribution in [-0.2, 0) is 4.79 Å². The highest BCUT2D eigenvalue weighted by atomic mass is 16.1. The summed E-state index contributed by atoms with van der Waals surface area (Å²) in [6, 6.07) is 7.99. The van der Waals surface area contributed by atoms with Crippen molar-refractivity contribution < 1.29 is 4.79 Å². The van der Waals surface area contributed by atoms with E-state index < -0.39 is 0 Å². The van der Waals surface area contributed by atoms with Gasteiger partial charge in [-0.2, -0.15) is 0 Å². The highest BCUT2D eigenvalue weighted by Crippen LogP contribution is 2.30. The van der Waals surface area contributed by atoms with Gasteiger partial charge in [0.25, 0.3) is 0 Å². The monoisotopic (exact) mass is 289 g/mol. The molecule has 1 amide bonds. The third-order valence-electron chi connectivity index (χ3n) is 4.44. The molecule has 21 heavy (non-hydrogen) atoms. The van der Waals surface area contributed by atoms with Crippen molar-refractivity contribution in [1.82, 2.24) is 0 Å². The van der Waals surface area contributed by atoms with Gasteiger partial charge in [0.05, 0.1) is 0 Å². The lowest BCUT2D eigenvalue weighted by Crippen LogP contribution is -2.32. The summed E-state index contributed by atoms with van der Waals surface area (Å²) in [6.07, 6.45) is 4.45. The molecular formula is C19H31NO. The molecule has 0 saturated carbocycles. The van der Waals surface area contributed by atoms with Gasteiger partial charge in [-0.25, -0.2) is 0 Å². The van der Waals surface area contributed by atoms with Crippen LogP contribution in [0.25, 0.3) is 0 Å². The molecule has 1 aromatic carbocycles. The second-order valence-electron chi connectivity index (χ2n) is 6.37. The van der Waals surface area contributed by atoms with Crippen LogP contribution in [0.5, 0.6) is 0 Å². The van der Waals surface area contributed by atoms with E-state index in [2.05, 4.69) is 33.0 Å². The fraction of sp³-hybridized carbons (Fsp3) is 0.632. The number of para-hydroxylation sites is 1. The Morgan fingerprint density at radius 2 is 1.86 bits per heavy atom. The standard InChI is InChI=1S/C19H31NO/c1-6-8-12-17(14(3)4)16(7-2)19(21)20-18-13-10-9-11-15(18)5/h9-11,13-14,16-17H,6-8,12H2,1-5H3,(H,20,21)/t16-,17+/m1/s1. The average molecular weight is 289 g/mol. The molecule has 0 aliphatic rings. The number of aryl methyl sites for hydroxylation is 1. The van der Waals surface area contributed by atoms with E-state index in [0.717, 1.165) is 24.1 Å². The molecule has 0 aliphatic carbocycles. The van der Waals surface area contributed by atoms with Gasteiger partial charge < -0.3 is 5.32 Å². The lowest BCUT2D eigenvalue weighted by Gasteiger charge is -2.29. The Morgan fingerprint density at radius 3 is 2.38 bits per heavy atom. The first-order valence-electron chi connectivity index (χ1n) is 8.37. The number of rotatable bonds is 8. The van der Waals surface area contributed by atoms with Crippen LogP contribution >= 0.6 is 0 Å². The van der Waals surface area contributed by atoms with Gasteiger partial charge in [0, 0.05) is 11.6 Å². The number of carbonyl (C=O) groups is 1. The number of anilines is 1. The molecule has 2 nitrogen and oxygen atoms in total. The summed E-state index contributed by atoms with van der Waals surface area (Å²) in [5, 5.41) is 3.13. The number of amides is 1. The zero-order valence-corrected chi connectivity index (χ0v) is 14.3. The SMILES string of the molecule is CCCC[C@@H](C(C)C)[C@@H](CC)C(=O)Nc1ccccc1C. The van der Waals surface area contributed by atoms with Crippen LogP contribution in [0.2, 0.25) is 0 Å². The van der Waals surface area contributed by atoms with Gasteiger partial charge in [-0.15, -0.1) is 0 Å². The van der Waals surface area contributed by atoms with Crippen molar-refractivity contribution in [3.05, 3.63) is 29.8 Å². The minimum atomic E-state index is 0.108. The van der Waals surface area contributed by atoms with E-state index in [1.165, 1.54) is 12.8 Å². The molecule has 118 valence electrons. The van der Waals surface area contributed by atoms with E-state index in [9.17, 15) is 4.79 Å². The molecule has 0 bridgehead atoms. The first-order valence-corrected chi connectivity index (χ1v) is 8.37. The van der Waals surface area contributed by atoms with Gasteiger partial charge in [-0.3, -0.25) is 4.79 Å². The van der Waals surface area contributed by atoms with Crippen LogP contribution in [-0.4, -0.2) is 5.91 Å². The van der Waals surface area contributed by atoms with Crippen LogP contribution in [0.4, 0.5) is 5.69 Å². The van der Waals surface area contributed by atoms with Crippen LogP contribution in [0, 0.1) is 24.7 Å². The minimum absolute atomic E-state index is 0.108. The first-order chi connectivity index (χ1) is 10.0. The fourth-order valence-electron chi connectivity index (χ4n) is 3.06. The molecule has 0 unspecified atom stereocenters. The van der Waals surface area contributed by atoms with Gasteiger partial charge in [0.15, 0.2) is 0 Å². The molecule has 0 heterocycles. The van der Waals surface area contributed by atoms with Gasteiger partial charge in [-0.05, 0) is 43.2 Å². The third-order valence-corrected chi connectivity index (χ3v) is 4.44. The van der Waals surface area contributed by atoms with E-state index in [1.807, 2.05) is 31.2 Å². The van der Waals surface area contributed by atoms with Gasteiger partial charge in [0.1, 0.15) is 0 Å². The number of benzene rings is 1. The lowest BCUT2D eigenvalue weighted by molar-refractivity contribution is -0.122. The van der Waals surface area contributed by atoms with E-state index >= 15 is 0 Å². The maximum atomic E-state index is 12.7. The quantitative estimate of drug-likeness (QED) is 0.680. The number of hydrogen-bond donors (Lipinski definition) is 1. The van der Waals surface area contributed by atoms with E-state index in [0.29, 0.717) is 11.8 Å². The second kappa shape index (κ2) is 8.86. The normalized spacial score (nSPS) is 14.0. The van der Waals surface area contributed by atoms with Gasteiger partial charge >= 0.3 is 0 Å². The number of nitrogens with one attached hydrogen (secondary N) is 1. The van der Waals surface area contributed by atoms with Crippen molar-refractivity contribution in [3.63, 3.8) is 0 Å². The number of carbonyl (C=O) groups excluding carboxylic acids is 1. The molecule has 1 aromatic rings. The Kier molecular flexibility index (Phi) is 7.49. The van der Waals surface area contributed by atoms with Crippen molar-refractivity contribution in [2.75, 3.05) is 5.32 Å². The smallest absolute Gasteiger partial charge is 0.227 e. The molecule has 2 heteroatoms. The van der Waals surface area contributed by atoms with E-state index in [-0.39, 0.29) is 11.8 Å². The Morgan fingerprint density at radius 1 is 1.19 bits per heavy atom. The Labute approximate surface area is 130 Å². The molecule has 1 rings (SSSR count). The third kappa shape index (κ3) is 5.18. The van der Waals surface area contributed by atoms with Crippen LogP contribution in [0.3, 0.4) is 0 Å². The summed E-state index contributed by atoms with van der Waals surface area (Å²) in [5.74, 6) is 1.31. The van der Waals surface area contributed by atoms with E-state index in [1.54, 1.807) is 0 Å². The van der Waals surface area contributed by atoms with Crippen molar-refractivity contribution in [2.45, 2.75) is 60.3 Å². The molecule has 0 radical (unpaired) electrons. The maximum absolute atomic E-state index is 12.7. The van der Waals surface area contributed by atoms with Gasteiger partial charge in [-0.1, -0.05) is 58.7 Å². The van der Waals surface area contributed by atoms with Crippen molar-refractivity contribution in [1.29, 1.82) is 0 Å². The van der Waals surface area contributed by atoms with Crippen molar-refractivity contribution >= 4 is 11.6 Å². The molecule has 0 aliphatic heterocycles. The average Bonchev–Trinajstić information content (AvgIpc) is 2.45.